The number of nitrogens with one attached hydrogen (secondary N) is 1. The van der Waals surface area contributed by atoms with Crippen molar-refractivity contribution in [3.05, 3.63) is 46.7 Å². The summed E-state index contributed by atoms with van der Waals surface area (Å²) in [6.45, 7) is 2.43. The van der Waals surface area contributed by atoms with Crippen LogP contribution < -0.4 is 10.2 Å². The summed E-state index contributed by atoms with van der Waals surface area (Å²) in [5, 5.41) is 7.51. The van der Waals surface area contributed by atoms with Crippen molar-refractivity contribution in [1.82, 2.24) is 15.1 Å². The normalized spacial score (nSPS) is 17.6. The summed E-state index contributed by atoms with van der Waals surface area (Å²) < 4.78 is 1.63. The molecule has 0 unspecified atom stereocenters. The molecule has 2 amide bonds. The third kappa shape index (κ3) is 3.07. The van der Waals surface area contributed by atoms with Gasteiger partial charge in [-0.2, -0.15) is 5.10 Å². The lowest BCUT2D eigenvalue weighted by atomic mass is 10.2. The molecule has 1 aromatic carbocycles. The van der Waals surface area contributed by atoms with Crippen molar-refractivity contribution >= 4 is 29.1 Å². The first-order valence-corrected chi connectivity index (χ1v) is 7.72. The fourth-order valence-corrected chi connectivity index (χ4v) is 2.72. The van der Waals surface area contributed by atoms with Gasteiger partial charge in [-0.3, -0.25) is 14.3 Å². The van der Waals surface area contributed by atoms with Gasteiger partial charge in [0, 0.05) is 30.0 Å². The highest BCUT2D eigenvalue weighted by Gasteiger charge is 2.34. The monoisotopic (exact) mass is 332 g/mol. The van der Waals surface area contributed by atoms with Gasteiger partial charge in [-0.05, 0) is 43.7 Å². The van der Waals surface area contributed by atoms with Crippen molar-refractivity contribution in [2.45, 2.75) is 19.4 Å². The van der Waals surface area contributed by atoms with Gasteiger partial charge in [-0.1, -0.05) is 11.6 Å². The van der Waals surface area contributed by atoms with Gasteiger partial charge in [0.25, 0.3) is 5.91 Å². The molecule has 3 rings (SSSR count). The van der Waals surface area contributed by atoms with E-state index in [0.717, 1.165) is 11.4 Å². The van der Waals surface area contributed by atoms with Crippen molar-refractivity contribution in [1.29, 1.82) is 0 Å². The van der Waals surface area contributed by atoms with Crippen LogP contribution in [0, 0.1) is 6.92 Å². The van der Waals surface area contributed by atoms with E-state index in [0.29, 0.717) is 23.7 Å². The summed E-state index contributed by atoms with van der Waals surface area (Å²) in [6, 6.07) is 8.25. The molecule has 2 heterocycles. The largest absolute Gasteiger partial charge is 0.339 e. The Bertz CT molecular complexity index is 734. The van der Waals surface area contributed by atoms with Crippen molar-refractivity contribution in [2.75, 3.05) is 11.4 Å². The fraction of sp³-hybridized carbons (Fsp3) is 0.312. The van der Waals surface area contributed by atoms with Crippen molar-refractivity contribution in [3.8, 4) is 0 Å². The van der Waals surface area contributed by atoms with E-state index in [1.807, 2.05) is 6.92 Å². The van der Waals surface area contributed by atoms with Gasteiger partial charge in [0.1, 0.15) is 11.7 Å². The lowest BCUT2D eigenvalue weighted by Gasteiger charge is -2.17. The van der Waals surface area contributed by atoms with Crippen LogP contribution in [0.25, 0.3) is 0 Å². The first-order chi connectivity index (χ1) is 11.0. The predicted octanol–water partition coefficient (Wildman–Crippen LogP) is 1.92. The molecule has 1 N–H and O–H groups in total. The molecule has 1 atom stereocenters. The summed E-state index contributed by atoms with van der Waals surface area (Å²) in [7, 11) is 1.77. The van der Waals surface area contributed by atoms with Gasteiger partial charge in [-0.15, -0.1) is 0 Å². The average Bonchev–Trinajstić information content (AvgIpc) is 3.04. The zero-order valence-corrected chi connectivity index (χ0v) is 13.7. The number of halogens is 1. The molecule has 2 aromatic rings. The predicted molar refractivity (Wildman–Crippen MR) is 87.6 cm³/mol. The molecular weight excluding hydrogens is 316 g/mol. The number of anilines is 1. The Labute approximate surface area is 139 Å². The SMILES string of the molecule is Cc1cc(C(=O)N[C@@H]2CCN(c3ccc(Cl)cc3)C2=O)nn1C. The van der Waals surface area contributed by atoms with Gasteiger partial charge in [0.05, 0.1) is 0 Å². The molecule has 0 bridgehead atoms. The minimum atomic E-state index is -0.527. The average molecular weight is 333 g/mol. The number of hydrogen-bond acceptors (Lipinski definition) is 3. The van der Waals surface area contributed by atoms with Crippen LogP contribution in [0.5, 0.6) is 0 Å². The number of nitrogens with zero attached hydrogens (tertiary/aromatic N) is 3. The van der Waals surface area contributed by atoms with Crippen LogP contribution >= 0.6 is 11.6 Å². The smallest absolute Gasteiger partial charge is 0.272 e. The van der Waals surface area contributed by atoms with Crippen LogP contribution in [0.2, 0.25) is 5.02 Å². The topological polar surface area (TPSA) is 67.2 Å². The van der Waals surface area contributed by atoms with Crippen LogP contribution in [-0.4, -0.2) is 34.2 Å². The minimum Gasteiger partial charge on any atom is -0.339 e. The number of carbonyl (C=O) groups is 2. The summed E-state index contributed by atoms with van der Waals surface area (Å²) in [6.07, 6.45) is 0.568. The van der Waals surface area contributed by atoms with E-state index in [-0.39, 0.29) is 11.8 Å². The highest BCUT2D eigenvalue weighted by Crippen LogP contribution is 2.23. The Hall–Kier alpha value is -2.34. The van der Waals surface area contributed by atoms with Crippen molar-refractivity contribution in [2.24, 2.45) is 7.05 Å². The van der Waals surface area contributed by atoms with Gasteiger partial charge in [0.15, 0.2) is 0 Å². The number of amides is 2. The molecule has 6 nitrogen and oxygen atoms in total. The Balaban J connectivity index is 1.69. The summed E-state index contributed by atoms with van der Waals surface area (Å²) in [5.74, 6) is -0.446. The van der Waals surface area contributed by atoms with Crippen LogP contribution in [0.3, 0.4) is 0 Å². The second-order valence-corrected chi connectivity index (χ2v) is 6.01. The Kier molecular flexibility index (Phi) is 4.09. The summed E-state index contributed by atoms with van der Waals surface area (Å²) in [5.41, 5.74) is 1.99. The molecule has 120 valence electrons. The third-order valence-corrected chi connectivity index (χ3v) is 4.25. The zero-order valence-electron chi connectivity index (χ0n) is 12.9. The molecule has 1 fully saturated rings. The van der Waals surface area contributed by atoms with Gasteiger partial charge in [0.2, 0.25) is 5.91 Å². The van der Waals surface area contributed by atoms with Crippen LogP contribution in [-0.2, 0) is 11.8 Å². The molecular formula is C16H17ClN4O2. The highest BCUT2D eigenvalue weighted by molar-refractivity contribution is 6.30. The first kappa shape index (κ1) is 15.6. The molecule has 1 saturated heterocycles. The maximum Gasteiger partial charge on any atom is 0.272 e. The Morgan fingerprint density at radius 1 is 1.35 bits per heavy atom. The fourth-order valence-electron chi connectivity index (χ4n) is 2.60. The van der Waals surface area contributed by atoms with Gasteiger partial charge >= 0.3 is 0 Å². The van der Waals surface area contributed by atoms with E-state index < -0.39 is 6.04 Å². The van der Waals surface area contributed by atoms with Crippen molar-refractivity contribution < 1.29 is 9.59 Å². The maximum absolute atomic E-state index is 12.5. The van der Waals surface area contributed by atoms with Crippen LogP contribution in [0.1, 0.15) is 22.6 Å². The first-order valence-electron chi connectivity index (χ1n) is 7.34. The Morgan fingerprint density at radius 3 is 2.65 bits per heavy atom. The van der Waals surface area contributed by atoms with Crippen molar-refractivity contribution in [3.63, 3.8) is 0 Å². The molecule has 23 heavy (non-hydrogen) atoms. The van der Waals surface area contributed by atoms with E-state index in [9.17, 15) is 9.59 Å². The second kappa shape index (κ2) is 6.04. The number of aromatic nitrogens is 2. The van der Waals surface area contributed by atoms with Crippen LogP contribution in [0.4, 0.5) is 5.69 Å². The second-order valence-electron chi connectivity index (χ2n) is 5.58. The maximum atomic E-state index is 12.5. The lowest BCUT2D eigenvalue weighted by molar-refractivity contribution is -0.118. The number of aryl methyl sites for hydroxylation is 2. The molecule has 0 saturated carbocycles. The number of benzene rings is 1. The number of carbonyl (C=O) groups excluding carboxylic acids is 2. The molecule has 7 heteroatoms. The van der Waals surface area contributed by atoms with E-state index in [4.69, 9.17) is 11.6 Å². The van der Waals surface area contributed by atoms with Crippen LogP contribution in [0.15, 0.2) is 30.3 Å². The minimum absolute atomic E-state index is 0.117. The van der Waals surface area contributed by atoms with E-state index in [1.165, 1.54) is 0 Å². The number of rotatable bonds is 3. The van der Waals surface area contributed by atoms with E-state index in [1.54, 1.807) is 47.0 Å². The molecule has 1 aliphatic rings. The summed E-state index contributed by atoms with van der Waals surface area (Å²) >= 11 is 5.87. The zero-order chi connectivity index (χ0) is 16.6. The van der Waals surface area contributed by atoms with E-state index in [2.05, 4.69) is 10.4 Å². The van der Waals surface area contributed by atoms with Gasteiger partial charge < -0.3 is 10.2 Å². The van der Waals surface area contributed by atoms with Gasteiger partial charge in [-0.25, -0.2) is 0 Å². The molecule has 0 radical (unpaired) electrons. The Morgan fingerprint density at radius 2 is 2.04 bits per heavy atom. The summed E-state index contributed by atoms with van der Waals surface area (Å²) in [4.78, 5) is 26.4. The third-order valence-electron chi connectivity index (χ3n) is 4.00. The van der Waals surface area contributed by atoms with E-state index >= 15 is 0 Å². The highest BCUT2D eigenvalue weighted by atomic mass is 35.5. The molecule has 1 aromatic heterocycles. The standard InChI is InChI=1S/C16H17ClN4O2/c1-10-9-14(19-20(10)2)15(22)18-13-7-8-21(16(13)23)12-5-3-11(17)4-6-12/h3-6,9,13H,7-8H2,1-2H3,(H,18,22)/t13-/m1/s1. The molecule has 0 aliphatic carbocycles. The molecule has 1 aliphatic heterocycles. The molecule has 0 spiro atoms. The number of hydrogen-bond donors (Lipinski definition) is 1. The lowest BCUT2D eigenvalue weighted by Crippen LogP contribution is -2.41. The quantitative estimate of drug-likeness (QED) is 0.933.